The molecule has 1 saturated carbocycles. The first-order valence-electron chi connectivity index (χ1n) is 11.4. The maximum absolute atomic E-state index is 12.7. The number of nitrogens with one attached hydrogen (secondary N) is 1. The summed E-state index contributed by atoms with van der Waals surface area (Å²) in [4.78, 5) is 30.2. The summed E-state index contributed by atoms with van der Waals surface area (Å²) in [7, 11) is 0. The topological polar surface area (TPSA) is 121 Å². The van der Waals surface area contributed by atoms with E-state index in [2.05, 4.69) is 25.4 Å². The molecule has 36 heavy (non-hydrogen) atoms. The second-order valence-corrected chi connectivity index (χ2v) is 9.18. The van der Waals surface area contributed by atoms with Crippen LogP contribution < -0.4 is 10.2 Å². The minimum absolute atomic E-state index is 0.0638. The third-order valence-electron chi connectivity index (χ3n) is 6.87. The van der Waals surface area contributed by atoms with Gasteiger partial charge in [0.2, 0.25) is 5.89 Å². The van der Waals surface area contributed by atoms with Crippen molar-refractivity contribution < 1.29 is 32.3 Å². The van der Waals surface area contributed by atoms with Crippen molar-refractivity contribution in [1.29, 1.82) is 0 Å². The van der Waals surface area contributed by atoms with Crippen molar-refractivity contribution >= 4 is 23.4 Å². The standard InChI is InChI=1S/C24H22F3N5O4/c25-24(26,27)15-3-1-14(2-4-15)11-19-30-31-21(36-19)20(33)29-16-5-6-18(28-13-16)32-9-7-23(8-10-32)12-17(23)22(34)35/h1-6,13,17H,7-12H2,(H,29,33)(H,34,35). The summed E-state index contributed by atoms with van der Waals surface area (Å²) in [5, 5.41) is 19.4. The Balaban J connectivity index is 1.14. The number of piperidine rings is 1. The van der Waals surface area contributed by atoms with Crippen molar-refractivity contribution in [3.05, 3.63) is 65.5 Å². The van der Waals surface area contributed by atoms with Crippen LogP contribution in [-0.2, 0) is 17.4 Å². The Morgan fingerprint density at radius 2 is 1.83 bits per heavy atom. The van der Waals surface area contributed by atoms with Crippen LogP contribution in [0.4, 0.5) is 24.7 Å². The van der Waals surface area contributed by atoms with E-state index in [4.69, 9.17) is 4.42 Å². The Morgan fingerprint density at radius 3 is 2.42 bits per heavy atom. The SMILES string of the molecule is O=C(Nc1ccc(N2CCC3(CC2)CC3C(=O)O)nc1)c1nnc(Cc2ccc(C(F)(F)F)cc2)o1. The van der Waals surface area contributed by atoms with Crippen LogP contribution in [0.3, 0.4) is 0 Å². The largest absolute Gasteiger partial charge is 0.481 e. The van der Waals surface area contributed by atoms with Gasteiger partial charge in [-0.15, -0.1) is 10.2 Å². The predicted octanol–water partition coefficient (Wildman–Crippen LogP) is 4.02. The van der Waals surface area contributed by atoms with E-state index in [1.54, 1.807) is 12.1 Å². The third-order valence-corrected chi connectivity index (χ3v) is 6.87. The molecule has 1 saturated heterocycles. The number of benzene rings is 1. The van der Waals surface area contributed by atoms with Crippen molar-refractivity contribution in [2.24, 2.45) is 11.3 Å². The number of pyridine rings is 1. The molecule has 3 heterocycles. The van der Waals surface area contributed by atoms with E-state index in [0.717, 1.165) is 50.3 Å². The van der Waals surface area contributed by atoms with Crippen molar-refractivity contribution in [3.8, 4) is 0 Å². The lowest BCUT2D eigenvalue weighted by Crippen LogP contribution is -2.36. The molecule has 2 aliphatic rings. The minimum atomic E-state index is -4.42. The lowest BCUT2D eigenvalue weighted by atomic mass is 9.91. The summed E-state index contributed by atoms with van der Waals surface area (Å²) < 4.78 is 43.4. The van der Waals surface area contributed by atoms with Crippen LogP contribution >= 0.6 is 0 Å². The van der Waals surface area contributed by atoms with E-state index in [1.165, 1.54) is 18.3 Å². The zero-order chi connectivity index (χ0) is 25.5. The Bertz CT molecular complexity index is 1270. The number of aliphatic carboxylic acids is 1. The number of anilines is 2. The predicted molar refractivity (Wildman–Crippen MR) is 120 cm³/mol. The number of rotatable bonds is 6. The molecule has 1 spiro atoms. The zero-order valence-electron chi connectivity index (χ0n) is 19.0. The molecule has 188 valence electrons. The van der Waals surface area contributed by atoms with Crippen LogP contribution in [0, 0.1) is 11.3 Å². The van der Waals surface area contributed by atoms with Gasteiger partial charge in [0, 0.05) is 13.1 Å². The summed E-state index contributed by atoms with van der Waals surface area (Å²) in [6.45, 7) is 1.46. The Kier molecular flexibility index (Phi) is 5.89. The molecule has 1 aliphatic heterocycles. The van der Waals surface area contributed by atoms with E-state index < -0.39 is 23.6 Å². The number of carbonyl (C=O) groups excluding carboxylic acids is 1. The molecular formula is C24H22F3N5O4. The number of hydrogen-bond acceptors (Lipinski definition) is 7. The maximum atomic E-state index is 12.7. The highest BCUT2D eigenvalue weighted by Gasteiger charge is 2.58. The van der Waals surface area contributed by atoms with Gasteiger partial charge in [0.15, 0.2) is 0 Å². The van der Waals surface area contributed by atoms with Crippen molar-refractivity contribution in [2.75, 3.05) is 23.3 Å². The van der Waals surface area contributed by atoms with Gasteiger partial charge in [0.05, 0.1) is 29.8 Å². The summed E-state index contributed by atoms with van der Waals surface area (Å²) in [5.41, 5.74) is 0.136. The van der Waals surface area contributed by atoms with E-state index in [9.17, 15) is 27.9 Å². The fourth-order valence-electron chi connectivity index (χ4n) is 4.67. The van der Waals surface area contributed by atoms with Gasteiger partial charge in [-0.25, -0.2) is 4.98 Å². The van der Waals surface area contributed by atoms with Crippen LogP contribution in [0.2, 0.25) is 0 Å². The van der Waals surface area contributed by atoms with Crippen molar-refractivity contribution in [3.63, 3.8) is 0 Å². The van der Waals surface area contributed by atoms with E-state index in [-0.39, 0.29) is 29.5 Å². The number of carbonyl (C=O) groups is 2. The minimum Gasteiger partial charge on any atom is -0.481 e. The molecule has 1 aromatic carbocycles. The van der Waals surface area contributed by atoms with Gasteiger partial charge < -0.3 is 19.7 Å². The molecule has 12 heteroatoms. The fourth-order valence-corrected chi connectivity index (χ4v) is 4.67. The van der Waals surface area contributed by atoms with Gasteiger partial charge in [0.25, 0.3) is 0 Å². The van der Waals surface area contributed by atoms with Crippen molar-refractivity contribution in [2.45, 2.75) is 31.9 Å². The van der Waals surface area contributed by atoms with Crippen molar-refractivity contribution in [1.82, 2.24) is 15.2 Å². The van der Waals surface area contributed by atoms with Gasteiger partial charge in [-0.05, 0) is 54.5 Å². The first-order chi connectivity index (χ1) is 17.1. The first-order valence-corrected chi connectivity index (χ1v) is 11.4. The first kappa shape index (κ1) is 23.8. The number of alkyl halides is 3. The Hall–Kier alpha value is -3.96. The second kappa shape index (κ2) is 8.92. The maximum Gasteiger partial charge on any atom is 0.416 e. The molecule has 2 N–H and O–H groups in total. The van der Waals surface area contributed by atoms with Gasteiger partial charge in [-0.2, -0.15) is 13.2 Å². The Labute approximate surface area is 203 Å². The van der Waals surface area contributed by atoms with Crippen LogP contribution in [0.15, 0.2) is 47.0 Å². The number of amides is 1. The molecule has 1 amide bonds. The monoisotopic (exact) mass is 501 g/mol. The molecule has 1 aliphatic carbocycles. The lowest BCUT2D eigenvalue weighted by molar-refractivity contribution is -0.140. The van der Waals surface area contributed by atoms with E-state index in [1.807, 2.05) is 0 Å². The van der Waals surface area contributed by atoms with Gasteiger partial charge in [-0.3, -0.25) is 9.59 Å². The molecule has 1 atom stereocenters. The van der Waals surface area contributed by atoms with E-state index in [0.29, 0.717) is 11.3 Å². The molecule has 2 aromatic heterocycles. The average Bonchev–Trinajstić information content (AvgIpc) is 3.34. The summed E-state index contributed by atoms with van der Waals surface area (Å²) in [5.74, 6) is -1.02. The summed E-state index contributed by atoms with van der Waals surface area (Å²) in [6.07, 6.45) is -0.448. The molecule has 3 aromatic rings. The number of hydrogen-bond donors (Lipinski definition) is 2. The van der Waals surface area contributed by atoms with E-state index >= 15 is 0 Å². The fraction of sp³-hybridized carbons (Fsp3) is 0.375. The normalized spacial score (nSPS) is 18.8. The molecule has 0 bridgehead atoms. The molecule has 0 radical (unpaired) electrons. The summed E-state index contributed by atoms with van der Waals surface area (Å²) in [6, 6.07) is 8.04. The lowest BCUT2D eigenvalue weighted by Gasteiger charge is -2.33. The molecule has 1 unspecified atom stereocenters. The molecule has 5 rings (SSSR count). The Morgan fingerprint density at radius 1 is 1.11 bits per heavy atom. The highest BCUT2D eigenvalue weighted by atomic mass is 19.4. The smallest absolute Gasteiger partial charge is 0.416 e. The van der Waals surface area contributed by atoms with Crippen LogP contribution in [0.1, 0.15) is 47.0 Å². The van der Waals surface area contributed by atoms with Gasteiger partial charge >= 0.3 is 23.9 Å². The number of carboxylic acid groups (broad SMARTS) is 1. The molecule has 2 fully saturated rings. The number of carboxylic acids is 1. The quantitative estimate of drug-likeness (QED) is 0.520. The molecule has 9 nitrogen and oxygen atoms in total. The highest BCUT2D eigenvalue weighted by Crippen LogP contribution is 2.59. The zero-order valence-corrected chi connectivity index (χ0v) is 19.0. The highest BCUT2D eigenvalue weighted by molar-refractivity contribution is 6.00. The third kappa shape index (κ3) is 4.88. The number of nitrogens with zero attached hydrogens (tertiary/aromatic N) is 4. The summed E-state index contributed by atoms with van der Waals surface area (Å²) >= 11 is 0. The van der Waals surface area contributed by atoms with Gasteiger partial charge in [0.1, 0.15) is 5.82 Å². The number of halogens is 3. The molecular weight excluding hydrogens is 479 g/mol. The van der Waals surface area contributed by atoms with Crippen LogP contribution in [-0.4, -0.2) is 45.3 Å². The van der Waals surface area contributed by atoms with Crippen LogP contribution in [0.25, 0.3) is 0 Å². The number of aromatic nitrogens is 3. The van der Waals surface area contributed by atoms with Gasteiger partial charge in [-0.1, -0.05) is 12.1 Å². The second-order valence-electron chi connectivity index (χ2n) is 9.18. The van der Waals surface area contributed by atoms with Crippen LogP contribution in [0.5, 0.6) is 0 Å². The average molecular weight is 501 g/mol.